The second kappa shape index (κ2) is 4.07. The van der Waals surface area contributed by atoms with Gasteiger partial charge in [-0.05, 0) is 0 Å². The summed E-state index contributed by atoms with van der Waals surface area (Å²) in [7, 11) is 0. The van der Waals surface area contributed by atoms with Crippen LogP contribution in [0, 0.1) is 0 Å². The number of alkyl halides is 3. The molecule has 0 spiro atoms. The van der Waals surface area contributed by atoms with Gasteiger partial charge in [0.15, 0.2) is 0 Å². The van der Waals surface area contributed by atoms with Crippen LogP contribution in [0.5, 0.6) is 0 Å². The summed E-state index contributed by atoms with van der Waals surface area (Å²) in [5.41, 5.74) is 6.82. The summed E-state index contributed by atoms with van der Waals surface area (Å²) >= 11 is 0. The minimum Gasteiger partial charge on any atom is -0.396 e. The van der Waals surface area contributed by atoms with Crippen LogP contribution in [0.2, 0.25) is 0 Å². The van der Waals surface area contributed by atoms with Crippen LogP contribution < -0.4 is 5.73 Å². The van der Waals surface area contributed by atoms with Crippen molar-refractivity contribution in [3.63, 3.8) is 0 Å². The zero-order valence-electron chi connectivity index (χ0n) is 8.57. The third kappa shape index (κ3) is 2.74. The van der Waals surface area contributed by atoms with Gasteiger partial charge in [-0.25, -0.2) is 4.68 Å². The van der Waals surface area contributed by atoms with Crippen LogP contribution in [-0.2, 0) is 13.0 Å². The minimum atomic E-state index is -4.33. The summed E-state index contributed by atoms with van der Waals surface area (Å²) in [6, 6.07) is 0. The number of aromatic nitrogens is 5. The number of nitrogens with one attached hydrogen (secondary N) is 1. The quantitative estimate of drug-likeness (QED) is 0.836. The second-order valence-corrected chi connectivity index (χ2v) is 3.48. The molecule has 6 nitrogen and oxygen atoms in total. The molecule has 2 rings (SSSR count). The maximum atomic E-state index is 12.2. The van der Waals surface area contributed by atoms with E-state index in [-0.39, 0.29) is 6.42 Å². The number of halogens is 3. The van der Waals surface area contributed by atoms with Crippen molar-refractivity contribution in [2.45, 2.75) is 19.1 Å². The third-order valence-corrected chi connectivity index (χ3v) is 2.14. The first-order valence-corrected chi connectivity index (χ1v) is 4.67. The maximum absolute atomic E-state index is 12.2. The van der Waals surface area contributed by atoms with Gasteiger partial charge in [-0.3, -0.25) is 5.10 Å². The van der Waals surface area contributed by atoms with Crippen LogP contribution in [-0.4, -0.2) is 31.4 Å². The fourth-order valence-corrected chi connectivity index (χ4v) is 1.36. The molecule has 9 heteroatoms. The predicted molar refractivity (Wildman–Crippen MR) is 51.9 cm³/mol. The number of H-pyrrole nitrogens is 1. The lowest BCUT2D eigenvalue weighted by Crippen LogP contribution is -2.20. The summed E-state index contributed by atoms with van der Waals surface area (Å²) in [6.45, 7) is -1.17. The molecule has 0 bridgehead atoms. The molecule has 0 aromatic carbocycles. The van der Waals surface area contributed by atoms with Crippen molar-refractivity contribution in [1.29, 1.82) is 0 Å². The predicted octanol–water partition coefficient (Wildman–Crippen LogP) is 0.736. The number of nitrogen functional groups attached to an aromatic ring is 1. The van der Waals surface area contributed by atoms with E-state index in [0.29, 0.717) is 17.1 Å². The van der Waals surface area contributed by atoms with Crippen molar-refractivity contribution in [2.24, 2.45) is 0 Å². The van der Waals surface area contributed by atoms with Gasteiger partial charge in [0.05, 0.1) is 29.5 Å². The Morgan fingerprint density at radius 3 is 2.71 bits per heavy atom. The number of nitrogens with two attached hydrogens (primary N) is 1. The average molecular weight is 246 g/mol. The molecule has 0 aliphatic carbocycles. The average Bonchev–Trinajstić information content (AvgIpc) is 2.76. The largest absolute Gasteiger partial charge is 0.408 e. The Kier molecular flexibility index (Phi) is 2.74. The first kappa shape index (κ1) is 11.4. The molecule has 0 amide bonds. The van der Waals surface area contributed by atoms with E-state index in [1.54, 1.807) is 0 Å². The summed E-state index contributed by atoms with van der Waals surface area (Å²) in [6.07, 6.45) is -1.49. The van der Waals surface area contributed by atoms with Gasteiger partial charge in [0, 0.05) is 6.42 Å². The lowest BCUT2D eigenvalue weighted by Gasteiger charge is -2.08. The van der Waals surface area contributed by atoms with Crippen LogP contribution >= 0.6 is 0 Å². The highest BCUT2D eigenvalue weighted by Crippen LogP contribution is 2.19. The third-order valence-electron chi connectivity index (χ3n) is 2.14. The monoisotopic (exact) mass is 246 g/mol. The Morgan fingerprint density at radius 2 is 2.12 bits per heavy atom. The molecule has 3 N–H and O–H groups in total. The highest BCUT2D eigenvalue weighted by atomic mass is 19.4. The summed E-state index contributed by atoms with van der Waals surface area (Å²) in [5.74, 6) is 0. The second-order valence-electron chi connectivity index (χ2n) is 3.48. The van der Waals surface area contributed by atoms with Crippen molar-refractivity contribution < 1.29 is 13.2 Å². The Bertz CT molecular complexity index is 499. The number of rotatable bonds is 3. The van der Waals surface area contributed by atoms with Gasteiger partial charge in [-0.2, -0.15) is 18.3 Å². The normalized spacial score (nSPS) is 11.9. The number of nitrogens with zero attached hydrogens (tertiary/aromatic N) is 4. The lowest BCUT2D eigenvalue weighted by atomic mass is 10.2. The van der Waals surface area contributed by atoms with E-state index < -0.39 is 12.7 Å². The maximum Gasteiger partial charge on any atom is 0.408 e. The van der Waals surface area contributed by atoms with Gasteiger partial charge in [0.2, 0.25) is 0 Å². The molecule has 0 fully saturated rings. The standard InChI is InChI=1S/C8H9F3N6/c9-8(10,11)4-17-5(2-14-16-17)1-7-6(12)3-13-15-7/h2-3H,1,4,12H2,(H,13,15). The molecule has 2 aromatic rings. The molecule has 0 aliphatic rings. The van der Waals surface area contributed by atoms with Gasteiger partial charge in [0.25, 0.3) is 0 Å². The highest BCUT2D eigenvalue weighted by Gasteiger charge is 2.29. The lowest BCUT2D eigenvalue weighted by molar-refractivity contribution is -0.143. The molecule has 0 saturated heterocycles. The fraction of sp³-hybridized carbons (Fsp3) is 0.375. The van der Waals surface area contributed by atoms with Crippen LogP contribution in [0.25, 0.3) is 0 Å². The molecule has 0 unspecified atom stereocenters. The zero-order chi connectivity index (χ0) is 12.5. The van der Waals surface area contributed by atoms with Crippen molar-refractivity contribution in [3.05, 3.63) is 23.8 Å². The molecular weight excluding hydrogens is 237 g/mol. The molecule has 0 aliphatic heterocycles. The smallest absolute Gasteiger partial charge is 0.396 e. The molecule has 2 aromatic heterocycles. The summed E-state index contributed by atoms with van der Waals surface area (Å²) in [4.78, 5) is 0. The van der Waals surface area contributed by atoms with Crippen molar-refractivity contribution in [2.75, 3.05) is 5.73 Å². The van der Waals surface area contributed by atoms with E-state index in [4.69, 9.17) is 5.73 Å². The number of aromatic amines is 1. The van der Waals surface area contributed by atoms with Crippen LogP contribution in [0.1, 0.15) is 11.4 Å². The highest BCUT2D eigenvalue weighted by molar-refractivity contribution is 5.41. The van der Waals surface area contributed by atoms with Gasteiger partial charge < -0.3 is 5.73 Å². The van der Waals surface area contributed by atoms with Crippen LogP contribution in [0.15, 0.2) is 12.4 Å². The first-order valence-electron chi connectivity index (χ1n) is 4.67. The van der Waals surface area contributed by atoms with Crippen LogP contribution in [0.3, 0.4) is 0 Å². The Balaban J connectivity index is 2.17. The SMILES string of the molecule is Nc1cn[nH]c1Cc1cnnn1CC(F)(F)F. The molecule has 0 atom stereocenters. The number of anilines is 1. The van der Waals surface area contributed by atoms with E-state index in [9.17, 15) is 13.2 Å². The van der Waals surface area contributed by atoms with Gasteiger partial charge >= 0.3 is 6.18 Å². The van der Waals surface area contributed by atoms with E-state index in [1.807, 2.05) is 0 Å². The van der Waals surface area contributed by atoms with Gasteiger partial charge in [-0.15, -0.1) is 5.10 Å². The topological polar surface area (TPSA) is 85.4 Å². The summed E-state index contributed by atoms with van der Waals surface area (Å²) < 4.78 is 37.5. The van der Waals surface area contributed by atoms with E-state index >= 15 is 0 Å². The van der Waals surface area contributed by atoms with Crippen LogP contribution in [0.4, 0.5) is 18.9 Å². The number of hydrogen-bond acceptors (Lipinski definition) is 4. The zero-order valence-corrected chi connectivity index (χ0v) is 8.57. The Labute approximate surface area is 93.6 Å². The van der Waals surface area contributed by atoms with E-state index in [1.165, 1.54) is 12.4 Å². The van der Waals surface area contributed by atoms with Crippen molar-refractivity contribution in [1.82, 2.24) is 25.2 Å². The van der Waals surface area contributed by atoms with Gasteiger partial charge in [-0.1, -0.05) is 5.21 Å². The van der Waals surface area contributed by atoms with Crippen molar-refractivity contribution >= 4 is 5.69 Å². The Hall–Kier alpha value is -2.06. The molecule has 0 radical (unpaired) electrons. The molecule has 0 saturated carbocycles. The Morgan fingerprint density at radius 1 is 1.35 bits per heavy atom. The molecule has 2 heterocycles. The molecule has 17 heavy (non-hydrogen) atoms. The molecular formula is C8H9F3N6. The van der Waals surface area contributed by atoms with Gasteiger partial charge in [0.1, 0.15) is 6.54 Å². The summed E-state index contributed by atoms with van der Waals surface area (Å²) in [5, 5.41) is 13.1. The molecule has 92 valence electrons. The first-order chi connectivity index (χ1) is 7.96. The van der Waals surface area contributed by atoms with E-state index in [2.05, 4.69) is 20.5 Å². The fourth-order valence-electron chi connectivity index (χ4n) is 1.36. The van der Waals surface area contributed by atoms with Crippen molar-refractivity contribution in [3.8, 4) is 0 Å². The minimum absolute atomic E-state index is 0.176. The van der Waals surface area contributed by atoms with E-state index in [0.717, 1.165) is 4.68 Å². The number of hydrogen-bond donors (Lipinski definition) is 2.